The largest absolute Gasteiger partial charge is 0.355 e. The summed E-state index contributed by atoms with van der Waals surface area (Å²) in [7, 11) is -0.616. The third-order valence-electron chi connectivity index (χ3n) is 4.65. The van der Waals surface area contributed by atoms with E-state index < -0.39 is 33.9 Å². The maximum Gasteiger partial charge on any atom is 0.329 e. The van der Waals surface area contributed by atoms with Crippen LogP contribution in [0, 0.1) is 0 Å². The van der Waals surface area contributed by atoms with Crippen molar-refractivity contribution in [2.45, 2.75) is 12.5 Å². The van der Waals surface area contributed by atoms with E-state index in [0.717, 1.165) is 20.0 Å². The number of urea groups is 1. The van der Waals surface area contributed by atoms with E-state index in [2.05, 4.69) is 10.6 Å². The molecule has 0 radical (unpaired) electrons. The first-order valence-corrected chi connectivity index (χ1v) is 10.6. The molecule has 1 fully saturated rings. The molecule has 0 aromatic heterocycles. The molecule has 0 spiro atoms. The van der Waals surface area contributed by atoms with Gasteiger partial charge in [0, 0.05) is 26.0 Å². The Bertz CT molecular complexity index is 1060. The normalized spacial score (nSPS) is 17.1. The van der Waals surface area contributed by atoms with Gasteiger partial charge in [-0.15, -0.1) is 0 Å². The van der Waals surface area contributed by atoms with Crippen LogP contribution >= 0.6 is 0 Å². The number of benzene rings is 2. The number of fused-ring (bicyclic) bond motifs is 1. The van der Waals surface area contributed by atoms with Crippen molar-refractivity contribution >= 4 is 44.3 Å². The second-order valence-corrected chi connectivity index (χ2v) is 9.13. The molecular formula is C19H22N4O5S. The lowest BCUT2D eigenvalue weighted by molar-refractivity contribution is -0.125. The number of carbonyl (C=O) groups is 3. The maximum absolute atomic E-state index is 12.8. The summed E-state index contributed by atoms with van der Waals surface area (Å²) in [5.41, 5.74) is 0.450. The molecule has 0 saturated carbocycles. The van der Waals surface area contributed by atoms with Gasteiger partial charge in [0.15, 0.2) is 0 Å². The summed E-state index contributed by atoms with van der Waals surface area (Å²) in [5, 5.41) is 6.63. The summed E-state index contributed by atoms with van der Waals surface area (Å²) in [5.74, 6) is -1.29. The number of nitrogens with zero attached hydrogens (tertiary/aromatic N) is 2. The fraction of sp³-hybridized carbons (Fsp3) is 0.316. The van der Waals surface area contributed by atoms with Crippen molar-refractivity contribution in [3.63, 3.8) is 0 Å². The summed E-state index contributed by atoms with van der Waals surface area (Å²) < 4.78 is 24.5. The van der Waals surface area contributed by atoms with Crippen molar-refractivity contribution in [2.75, 3.05) is 31.3 Å². The van der Waals surface area contributed by atoms with Crippen molar-refractivity contribution in [1.29, 1.82) is 0 Å². The van der Waals surface area contributed by atoms with Gasteiger partial charge in [-0.05, 0) is 11.5 Å². The predicted octanol–water partition coefficient (Wildman–Crippen LogP) is 0.662. The van der Waals surface area contributed by atoms with Gasteiger partial charge in [0.2, 0.25) is 15.9 Å². The smallest absolute Gasteiger partial charge is 0.329 e. The molecule has 1 aliphatic heterocycles. The van der Waals surface area contributed by atoms with Gasteiger partial charge in [0.25, 0.3) is 5.91 Å². The Morgan fingerprint density at radius 1 is 1.14 bits per heavy atom. The quantitative estimate of drug-likeness (QED) is 0.641. The lowest BCUT2D eigenvalue weighted by atomic mass is 10.1. The molecule has 1 aliphatic rings. The van der Waals surface area contributed by atoms with Crippen LogP contribution in [0.15, 0.2) is 42.5 Å². The van der Waals surface area contributed by atoms with Crippen LogP contribution in [0.25, 0.3) is 10.8 Å². The van der Waals surface area contributed by atoms with Gasteiger partial charge in [0.05, 0.1) is 17.9 Å². The monoisotopic (exact) mass is 418 g/mol. The van der Waals surface area contributed by atoms with Crippen LogP contribution < -0.4 is 15.5 Å². The topological polar surface area (TPSA) is 116 Å². The zero-order chi connectivity index (χ0) is 21.2. The molecule has 1 unspecified atom stereocenters. The number of rotatable bonds is 7. The van der Waals surface area contributed by atoms with Crippen LogP contribution in [0.3, 0.4) is 0 Å². The minimum Gasteiger partial charge on any atom is -0.355 e. The van der Waals surface area contributed by atoms with Crippen molar-refractivity contribution in [3.05, 3.63) is 42.5 Å². The molecule has 0 bridgehead atoms. The van der Waals surface area contributed by atoms with E-state index in [-0.39, 0.29) is 18.7 Å². The van der Waals surface area contributed by atoms with Crippen LogP contribution in [-0.2, 0) is 19.6 Å². The van der Waals surface area contributed by atoms with Crippen LogP contribution in [0.2, 0.25) is 0 Å². The molecule has 1 heterocycles. The predicted molar refractivity (Wildman–Crippen MR) is 109 cm³/mol. The number of hydrogen-bond donors (Lipinski definition) is 2. The summed E-state index contributed by atoms with van der Waals surface area (Å²) in [6.45, 7) is -0.0821. The lowest BCUT2D eigenvalue weighted by Gasteiger charge is -2.15. The van der Waals surface area contributed by atoms with E-state index in [9.17, 15) is 22.8 Å². The molecule has 4 amide bonds. The van der Waals surface area contributed by atoms with Gasteiger partial charge < -0.3 is 10.6 Å². The zero-order valence-electron chi connectivity index (χ0n) is 16.1. The molecule has 10 heteroatoms. The molecule has 1 saturated heterocycles. The van der Waals surface area contributed by atoms with Crippen molar-refractivity contribution in [2.24, 2.45) is 0 Å². The molecule has 9 nitrogen and oxygen atoms in total. The molecule has 2 aromatic carbocycles. The Labute approximate surface area is 168 Å². The highest BCUT2D eigenvalue weighted by Crippen LogP contribution is 2.29. The fourth-order valence-electron chi connectivity index (χ4n) is 3.06. The van der Waals surface area contributed by atoms with Gasteiger partial charge in [-0.1, -0.05) is 36.4 Å². The third-order valence-corrected chi connectivity index (χ3v) is 6.49. The Morgan fingerprint density at radius 2 is 1.83 bits per heavy atom. The number of nitrogens with one attached hydrogen (secondary N) is 2. The van der Waals surface area contributed by atoms with Crippen molar-refractivity contribution in [1.82, 2.24) is 14.9 Å². The molecule has 2 N–H and O–H groups in total. The second-order valence-electron chi connectivity index (χ2n) is 6.83. The molecular weight excluding hydrogens is 396 g/mol. The molecule has 154 valence electrons. The highest BCUT2D eigenvalue weighted by atomic mass is 32.2. The molecule has 2 aromatic rings. The van der Waals surface area contributed by atoms with Gasteiger partial charge >= 0.3 is 6.03 Å². The molecule has 3 rings (SSSR count). The van der Waals surface area contributed by atoms with E-state index in [1.807, 2.05) is 30.3 Å². The van der Waals surface area contributed by atoms with Gasteiger partial charge in [-0.25, -0.2) is 22.4 Å². The Hall–Kier alpha value is -2.98. The standard InChI is InChI=1S/C19H22N4O5S/c1-22(2)29(27,28)11-10-20-17(24)12-15-18(25)23(19(26)21-15)16-9-5-7-13-6-3-4-8-14(13)16/h3-9,15H,10-12H2,1-2H3,(H,20,24)(H,21,26). The second kappa shape index (κ2) is 8.18. The average molecular weight is 418 g/mol. The van der Waals surface area contributed by atoms with Crippen LogP contribution in [0.5, 0.6) is 0 Å². The van der Waals surface area contributed by atoms with Gasteiger partial charge in [0.1, 0.15) is 6.04 Å². The SMILES string of the molecule is CN(C)S(=O)(=O)CCNC(=O)CC1NC(=O)N(c2cccc3ccccc23)C1=O. The van der Waals surface area contributed by atoms with E-state index in [1.54, 1.807) is 12.1 Å². The van der Waals surface area contributed by atoms with E-state index in [1.165, 1.54) is 14.1 Å². The first-order chi connectivity index (χ1) is 13.7. The van der Waals surface area contributed by atoms with Crippen molar-refractivity contribution in [3.8, 4) is 0 Å². The summed E-state index contributed by atoms with van der Waals surface area (Å²) >= 11 is 0. The van der Waals surface area contributed by atoms with Crippen LogP contribution in [-0.4, -0.2) is 63.0 Å². The van der Waals surface area contributed by atoms with Crippen LogP contribution in [0.1, 0.15) is 6.42 Å². The third kappa shape index (κ3) is 4.38. The fourth-order valence-corrected chi connectivity index (χ4v) is 3.79. The Kier molecular flexibility index (Phi) is 5.85. The Morgan fingerprint density at radius 3 is 2.55 bits per heavy atom. The molecule has 0 aliphatic carbocycles. The minimum atomic E-state index is -3.43. The number of anilines is 1. The Balaban J connectivity index is 1.67. The van der Waals surface area contributed by atoms with Crippen LogP contribution in [0.4, 0.5) is 10.5 Å². The number of sulfonamides is 1. The zero-order valence-corrected chi connectivity index (χ0v) is 16.9. The van der Waals surface area contributed by atoms with Crippen molar-refractivity contribution < 1.29 is 22.8 Å². The molecule has 1 atom stereocenters. The van der Waals surface area contributed by atoms with E-state index in [0.29, 0.717) is 5.69 Å². The summed E-state index contributed by atoms with van der Waals surface area (Å²) in [6.07, 6.45) is -0.270. The minimum absolute atomic E-state index is 0.0821. The first-order valence-electron chi connectivity index (χ1n) is 9.00. The number of imide groups is 1. The average Bonchev–Trinajstić information content (AvgIpc) is 2.94. The highest BCUT2D eigenvalue weighted by Gasteiger charge is 2.40. The van der Waals surface area contributed by atoms with E-state index in [4.69, 9.17) is 0 Å². The number of hydrogen-bond acceptors (Lipinski definition) is 5. The number of amides is 4. The maximum atomic E-state index is 12.8. The number of carbonyl (C=O) groups excluding carboxylic acids is 3. The lowest BCUT2D eigenvalue weighted by Crippen LogP contribution is -2.39. The van der Waals surface area contributed by atoms with Gasteiger partial charge in [-0.2, -0.15) is 0 Å². The summed E-state index contributed by atoms with van der Waals surface area (Å²) in [4.78, 5) is 38.4. The first kappa shape index (κ1) is 20.7. The highest BCUT2D eigenvalue weighted by molar-refractivity contribution is 7.89. The van der Waals surface area contributed by atoms with Gasteiger partial charge in [-0.3, -0.25) is 9.59 Å². The van der Waals surface area contributed by atoms with E-state index >= 15 is 0 Å². The summed E-state index contributed by atoms with van der Waals surface area (Å²) in [6, 6.07) is 11.1. The molecule has 29 heavy (non-hydrogen) atoms.